The predicted molar refractivity (Wildman–Crippen MR) is 116 cm³/mol. The Morgan fingerprint density at radius 1 is 1.07 bits per heavy atom. The van der Waals surface area contributed by atoms with E-state index in [4.69, 9.17) is 14.2 Å². The Labute approximate surface area is 176 Å². The van der Waals surface area contributed by atoms with Crippen LogP contribution in [-0.4, -0.2) is 63.1 Å². The van der Waals surface area contributed by atoms with Crippen molar-refractivity contribution in [1.29, 1.82) is 0 Å². The highest BCUT2D eigenvalue weighted by Gasteiger charge is 2.31. The second kappa shape index (κ2) is 13.7. The lowest BCUT2D eigenvalue weighted by molar-refractivity contribution is -0.919. The Balaban J connectivity index is 1.78. The van der Waals surface area contributed by atoms with E-state index in [2.05, 4.69) is 26.1 Å². The van der Waals surface area contributed by atoms with Gasteiger partial charge in [0, 0.05) is 6.42 Å². The van der Waals surface area contributed by atoms with Gasteiger partial charge in [-0.1, -0.05) is 69.4 Å². The van der Waals surface area contributed by atoms with E-state index in [1.807, 2.05) is 18.2 Å². The summed E-state index contributed by atoms with van der Waals surface area (Å²) in [4.78, 5) is 12.4. The summed E-state index contributed by atoms with van der Waals surface area (Å²) < 4.78 is 18.2. The Bertz CT molecular complexity index is 557. The van der Waals surface area contributed by atoms with Gasteiger partial charge in [-0.3, -0.25) is 4.79 Å². The number of benzene rings is 1. The first-order valence-electron chi connectivity index (χ1n) is 11.3. The van der Waals surface area contributed by atoms with Crippen molar-refractivity contribution >= 4 is 5.97 Å². The summed E-state index contributed by atoms with van der Waals surface area (Å²) in [6.07, 6.45) is 7.32. The normalized spacial score (nSPS) is 17.0. The average Bonchev–Trinajstić information content (AvgIpc) is 2.71. The minimum Gasteiger partial charge on any atom is -0.454 e. The SMILES string of the molecule is CCCCCCCCC(=O)O[C@H](COCc1ccccc1)C[N+]1(C)CCOCC1. The maximum absolute atomic E-state index is 12.4. The molecule has 29 heavy (non-hydrogen) atoms. The first-order valence-corrected chi connectivity index (χ1v) is 11.3. The van der Waals surface area contributed by atoms with Crippen LogP contribution in [0.3, 0.4) is 0 Å². The predicted octanol–water partition coefficient (Wildman–Crippen LogP) is 4.34. The van der Waals surface area contributed by atoms with Crippen LogP contribution in [0.1, 0.15) is 57.4 Å². The van der Waals surface area contributed by atoms with E-state index in [-0.39, 0.29) is 12.1 Å². The summed E-state index contributed by atoms with van der Waals surface area (Å²) in [5, 5.41) is 0. The molecule has 2 rings (SSSR count). The van der Waals surface area contributed by atoms with E-state index in [0.29, 0.717) is 19.6 Å². The molecule has 1 atom stereocenters. The lowest BCUT2D eigenvalue weighted by Gasteiger charge is -2.39. The molecule has 1 aliphatic rings. The fraction of sp³-hybridized carbons (Fsp3) is 0.708. The quantitative estimate of drug-likeness (QED) is 0.262. The molecule has 0 bridgehead atoms. The van der Waals surface area contributed by atoms with Crippen molar-refractivity contribution in [3.63, 3.8) is 0 Å². The molecule has 1 fully saturated rings. The van der Waals surface area contributed by atoms with Crippen LogP contribution in [0.5, 0.6) is 0 Å². The largest absolute Gasteiger partial charge is 0.454 e. The van der Waals surface area contributed by atoms with E-state index in [1.54, 1.807) is 0 Å². The second-order valence-electron chi connectivity index (χ2n) is 8.49. The second-order valence-corrected chi connectivity index (χ2v) is 8.49. The number of carbonyl (C=O) groups excluding carboxylic acids is 1. The number of hydrogen-bond donors (Lipinski definition) is 0. The number of rotatable bonds is 14. The average molecular weight is 407 g/mol. The zero-order valence-corrected chi connectivity index (χ0v) is 18.4. The molecule has 0 aromatic heterocycles. The van der Waals surface area contributed by atoms with Crippen LogP contribution < -0.4 is 0 Å². The molecule has 1 aromatic rings. The first-order chi connectivity index (χ1) is 14.1. The van der Waals surface area contributed by atoms with Gasteiger partial charge in [0.15, 0.2) is 6.10 Å². The molecule has 0 N–H and O–H groups in total. The number of quaternary nitrogens is 1. The highest BCUT2D eigenvalue weighted by molar-refractivity contribution is 5.69. The summed E-state index contributed by atoms with van der Waals surface area (Å²) in [7, 11) is 2.22. The number of nitrogens with zero attached hydrogens (tertiary/aromatic N) is 1. The highest BCUT2D eigenvalue weighted by atomic mass is 16.6. The number of hydrogen-bond acceptors (Lipinski definition) is 4. The van der Waals surface area contributed by atoms with Crippen LogP contribution >= 0.6 is 0 Å². The van der Waals surface area contributed by atoms with Gasteiger partial charge >= 0.3 is 5.97 Å². The summed E-state index contributed by atoms with van der Waals surface area (Å²) in [6, 6.07) is 10.1. The Morgan fingerprint density at radius 3 is 2.48 bits per heavy atom. The third-order valence-electron chi connectivity index (χ3n) is 5.64. The molecule has 1 aliphatic heterocycles. The standard InChI is InChI=1S/C24H40NO4/c1-3-4-5-6-7-11-14-24(26)29-23(19-25(2)15-17-27-18-16-25)21-28-20-22-12-9-8-10-13-22/h8-10,12-13,23H,3-7,11,14-21H2,1-2H3/q+1/t23-/m0/s1. The molecule has 1 heterocycles. The van der Waals surface area contributed by atoms with Gasteiger partial charge in [0.2, 0.25) is 0 Å². The topological polar surface area (TPSA) is 44.8 Å². The van der Waals surface area contributed by atoms with Crippen LogP contribution in [0.25, 0.3) is 0 Å². The number of unbranched alkanes of at least 4 members (excludes halogenated alkanes) is 5. The molecular formula is C24H40NO4+. The van der Waals surface area contributed by atoms with Crippen LogP contribution in [0, 0.1) is 0 Å². The van der Waals surface area contributed by atoms with Gasteiger partial charge in [0.05, 0.1) is 33.5 Å². The fourth-order valence-electron chi connectivity index (χ4n) is 3.76. The third kappa shape index (κ3) is 10.2. The summed E-state index contributed by atoms with van der Waals surface area (Å²) in [6.45, 7) is 7.40. The maximum atomic E-state index is 12.4. The van der Waals surface area contributed by atoms with E-state index in [9.17, 15) is 4.79 Å². The molecular weight excluding hydrogens is 366 g/mol. The molecule has 0 radical (unpaired) electrons. The summed E-state index contributed by atoms with van der Waals surface area (Å²) in [5.74, 6) is -0.0892. The third-order valence-corrected chi connectivity index (χ3v) is 5.64. The molecule has 1 saturated heterocycles. The van der Waals surface area contributed by atoms with Crippen molar-refractivity contribution in [3.05, 3.63) is 35.9 Å². The molecule has 0 saturated carbocycles. The number of carbonyl (C=O) groups is 1. The van der Waals surface area contributed by atoms with E-state index in [0.717, 1.165) is 55.7 Å². The molecule has 1 aromatic carbocycles. The lowest BCUT2D eigenvalue weighted by atomic mass is 10.1. The zero-order valence-electron chi connectivity index (χ0n) is 18.4. The minimum absolute atomic E-state index is 0.0892. The first kappa shape index (κ1) is 23.8. The molecule has 5 nitrogen and oxygen atoms in total. The van der Waals surface area contributed by atoms with Crippen LogP contribution in [-0.2, 0) is 25.6 Å². The monoisotopic (exact) mass is 406 g/mol. The van der Waals surface area contributed by atoms with Gasteiger partial charge in [0.1, 0.15) is 19.6 Å². The minimum atomic E-state index is -0.214. The number of ether oxygens (including phenoxy) is 3. The fourth-order valence-corrected chi connectivity index (χ4v) is 3.76. The van der Waals surface area contributed by atoms with Crippen molar-refractivity contribution in [2.24, 2.45) is 0 Å². The number of esters is 1. The Morgan fingerprint density at radius 2 is 1.76 bits per heavy atom. The number of likely N-dealkylation sites (N-methyl/N-ethyl adjacent to an activating group) is 1. The molecule has 0 amide bonds. The Kier molecular flexibility index (Phi) is 11.3. The van der Waals surface area contributed by atoms with Crippen molar-refractivity contribution in [1.82, 2.24) is 0 Å². The molecule has 0 spiro atoms. The van der Waals surface area contributed by atoms with Crippen LogP contribution in [0.4, 0.5) is 0 Å². The maximum Gasteiger partial charge on any atom is 0.306 e. The van der Waals surface area contributed by atoms with Crippen molar-refractivity contribution in [2.75, 3.05) is 46.5 Å². The van der Waals surface area contributed by atoms with Crippen LogP contribution in [0.15, 0.2) is 30.3 Å². The van der Waals surface area contributed by atoms with Crippen molar-refractivity contribution < 1.29 is 23.5 Å². The molecule has 0 unspecified atom stereocenters. The van der Waals surface area contributed by atoms with Crippen molar-refractivity contribution in [3.8, 4) is 0 Å². The van der Waals surface area contributed by atoms with Gasteiger partial charge in [-0.2, -0.15) is 0 Å². The van der Waals surface area contributed by atoms with Gasteiger partial charge in [-0.25, -0.2) is 0 Å². The van der Waals surface area contributed by atoms with Gasteiger partial charge in [0.25, 0.3) is 0 Å². The van der Waals surface area contributed by atoms with E-state index in [1.165, 1.54) is 25.7 Å². The van der Waals surface area contributed by atoms with E-state index >= 15 is 0 Å². The van der Waals surface area contributed by atoms with Gasteiger partial charge in [-0.15, -0.1) is 0 Å². The smallest absolute Gasteiger partial charge is 0.306 e. The molecule has 164 valence electrons. The Hall–Kier alpha value is -1.43. The van der Waals surface area contributed by atoms with Gasteiger partial charge in [-0.05, 0) is 12.0 Å². The van der Waals surface area contributed by atoms with E-state index < -0.39 is 0 Å². The van der Waals surface area contributed by atoms with Crippen molar-refractivity contribution in [2.45, 2.75) is 64.6 Å². The molecule has 5 heteroatoms. The zero-order chi connectivity index (χ0) is 20.8. The molecule has 0 aliphatic carbocycles. The lowest BCUT2D eigenvalue weighted by Crippen LogP contribution is -2.56. The summed E-state index contributed by atoms with van der Waals surface area (Å²) in [5.41, 5.74) is 1.14. The van der Waals surface area contributed by atoms with Gasteiger partial charge < -0.3 is 18.7 Å². The summed E-state index contributed by atoms with van der Waals surface area (Å²) >= 11 is 0. The number of morpholine rings is 1. The van der Waals surface area contributed by atoms with Crippen LogP contribution in [0.2, 0.25) is 0 Å². The highest BCUT2D eigenvalue weighted by Crippen LogP contribution is 2.14.